The number of benzene rings is 2. The molecule has 0 saturated heterocycles. The fourth-order valence-corrected chi connectivity index (χ4v) is 3.96. The third-order valence-electron chi connectivity index (χ3n) is 3.64. The van der Waals surface area contributed by atoms with E-state index >= 15 is 0 Å². The predicted molar refractivity (Wildman–Crippen MR) is 102 cm³/mol. The lowest BCUT2D eigenvalue weighted by Crippen LogP contribution is -2.40. The first-order chi connectivity index (χ1) is 12.0. The normalized spacial score (nSPS) is 13.2. The summed E-state index contributed by atoms with van der Waals surface area (Å²) in [5, 5.41) is 12.7. The fourth-order valence-electron chi connectivity index (χ4n) is 2.51. The van der Waals surface area contributed by atoms with E-state index in [1.54, 1.807) is 20.8 Å². The number of anilines is 1. The van der Waals surface area contributed by atoms with Gasteiger partial charge in [0.25, 0.3) is 0 Å². The van der Waals surface area contributed by atoms with E-state index in [2.05, 4.69) is 10.0 Å². The Hall–Kier alpha value is -2.38. The van der Waals surface area contributed by atoms with Crippen molar-refractivity contribution in [2.24, 2.45) is 0 Å². The van der Waals surface area contributed by atoms with Crippen LogP contribution < -0.4 is 10.0 Å². The molecule has 0 aromatic heterocycles. The van der Waals surface area contributed by atoms with Crippen LogP contribution in [-0.4, -0.2) is 25.0 Å². The van der Waals surface area contributed by atoms with E-state index in [0.29, 0.717) is 5.69 Å². The van der Waals surface area contributed by atoms with Crippen LogP contribution in [0.1, 0.15) is 49.7 Å². The summed E-state index contributed by atoms with van der Waals surface area (Å²) in [5.74, 6) is -1.19. The highest BCUT2D eigenvalue weighted by atomic mass is 32.2. The van der Waals surface area contributed by atoms with Crippen molar-refractivity contribution in [3.8, 4) is 0 Å². The monoisotopic (exact) mass is 376 g/mol. The second-order valence-electron chi connectivity index (χ2n) is 7.14. The molecule has 0 saturated carbocycles. The average Bonchev–Trinajstić information content (AvgIpc) is 2.53. The quantitative estimate of drug-likeness (QED) is 0.715. The standard InChI is InChI=1S/C19H24N2O4S/c1-13(14-8-6-5-7-9-14)20-17-11-10-15(12-16(17)18(22)23)26(24,25)21-19(2,3)4/h5-13,20-21H,1-4H3,(H,22,23). The Morgan fingerprint density at radius 2 is 1.69 bits per heavy atom. The maximum Gasteiger partial charge on any atom is 0.337 e. The first-order valence-electron chi connectivity index (χ1n) is 8.22. The number of carbonyl (C=O) groups is 1. The van der Waals surface area contributed by atoms with E-state index in [1.165, 1.54) is 18.2 Å². The van der Waals surface area contributed by atoms with Crippen LogP contribution in [0.15, 0.2) is 53.4 Å². The van der Waals surface area contributed by atoms with E-state index in [9.17, 15) is 18.3 Å². The SMILES string of the molecule is CC(Nc1ccc(S(=O)(=O)NC(C)(C)C)cc1C(=O)O)c1ccccc1. The molecule has 0 fully saturated rings. The van der Waals surface area contributed by atoms with Crippen LogP contribution >= 0.6 is 0 Å². The summed E-state index contributed by atoms with van der Waals surface area (Å²) in [7, 11) is -3.81. The van der Waals surface area contributed by atoms with Crippen molar-refractivity contribution < 1.29 is 18.3 Å². The molecule has 0 bridgehead atoms. The first-order valence-corrected chi connectivity index (χ1v) is 9.71. The molecule has 0 radical (unpaired) electrons. The zero-order valence-electron chi connectivity index (χ0n) is 15.3. The minimum atomic E-state index is -3.81. The maximum atomic E-state index is 12.5. The summed E-state index contributed by atoms with van der Waals surface area (Å²) in [6, 6.07) is 13.5. The molecule has 0 spiro atoms. The van der Waals surface area contributed by atoms with Gasteiger partial charge in [-0.2, -0.15) is 0 Å². The second kappa shape index (κ2) is 7.47. The molecule has 0 aliphatic carbocycles. The van der Waals surface area contributed by atoms with Gasteiger partial charge in [0, 0.05) is 17.3 Å². The molecule has 0 amide bonds. The van der Waals surface area contributed by atoms with Crippen LogP contribution in [0.3, 0.4) is 0 Å². The number of rotatable bonds is 6. The smallest absolute Gasteiger partial charge is 0.337 e. The van der Waals surface area contributed by atoms with Crippen LogP contribution in [0.4, 0.5) is 5.69 Å². The van der Waals surface area contributed by atoms with Crippen molar-refractivity contribution in [1.82, 2.24) is 4.72 Å². The fraction of sp³-hybridized carbons (Fsp3) is 0.316. The van der Waals surface area contributed by atoms with Crippen molar-refractivity contribution in [2.75, 3.05) is 5.32 Å². The molecule has 0 aliphatic heterocycles. The Kier molecular flexibility index (Phi) is 5.73. The van der Waals surface area contributed by atoms with Gasteiger partial charge in [-0.1, -0.05) is 30.3 Å². The molecule has 1 atom stereocenters. The molecule has 3 N–H and O–H groups in total. The first kappa shape index (κ1) is 19.9. The third kappa shape index (κ3) is 5.06. The molecular formula is C19H24N2O4S. The van der Waals surface area contributed by atoms with Crippen molar-refractivity contribution in [1.29, 1.82) is 0 Å². The van der Waals surface area contributed by atoms with Crippen molar-refractivity contribution in [3.05, 3.63) is 59.7 Å². The zero-order chi connectivity index (χ0) is 19.5. The van der Waals surface area contributed by atoms with Crippen molar-refractivity contribution in [3.63, 3.8) is 0 Å². The molecule has 7 heteroatoms. The number of hydrogen-bond acceptors (Lipinski definition) is 4. The predicted octanol–water partition coefficient (Wildman–Crippen LogP) is 3.63. The van der Waals surface area contributed by atoms with Crippen molar-refractivity contribution >= 4 is 21.7 Å². The van der Waals surface area contributed by atoms with Gasteiger partial charge in [0.2, 0.25) is 10.0 Å². The van der Waals surface area contributed by atoms with E-state index in [-0.39, 0.29) is 16.5 Å². The van der Waals surface area contributed by atoms with Gasteiger partial charge in [0.05, 0.1) is 10.5 Å². The van der Waals surface area contributed by atoms with Crippen LogP contribution in [0.5, 0.6) is 0 Å². The highest BCUT2D eigenvalue weighted by Crippen LogP contribution is 2.25. The Labute approximate surface area is 154 Å². The summed E-state index contributed by atoms with van der Waals surface area (Å²) in [4.78, 5) is 11.6. The van der Waals surface area contributed by atoms with Gasteiger partial charge >= 0.3 is 5.97 Å². The van der Waals surface area contributed by atoms with Crippen LogP contribution in [0, 0.1) is 0 Å². The number of nitrogens with one attached hydrogen (secondary N) is 2. The van der Waals surface area contributed by atoms with Gasteiger partial charge in [0.1, 0.15) is 0 Å². The van der Waals surface area contributed by atoms with Crippen LogP contribution in [0.2, 0.25) is 0 Å². The maximum absolute atomic E-state index is 12.5. The molecule has 140 valence electrons. The minimum absolute atomic E-state index is 0.0808. The molecular weight excluding hydrogens is 352 g/mol. The van der Waals surface area contributed by atoms with Gasteiger partial charge in [-0.3, -0.25) is 0 Å². The van der Waals surface area contributed by atoms with Crippen molar-refractivity contribution in [2.45, 2.75) is 44.2 Å². The van der Waals surface area contributed by atoms with E-state index in [0.717, 1.165) is 5.56 Å². The summed E-state index contributed by atoms with van der Waals surface area (Å²) in [6.45, 7) is 7.08. The Bertz CT molecular complexity index is 888. The lowest BCUT2D eigenvalue weighted by molar-refractivity contribution is 0.0697. The topological polar surface area (TPSA) is 95.5 Å². The highest BCUT2D eigenvalue weighted by Gasteiger charge is 2.24. The molecule has 6 nitrogen and oxygen atoms in total. The summed E-state index contributed by atoms with van der Waals surface area (Å²) in [5.41, 5.74) is 0.601. The molecule has 26 heavy (non-hydrogen) atoms. The van der Waals surface area contributed by atoms with E-state index < -0.39 is 21.5 Å². The minimum Gasteiger partial charge on any atom is -0.478 e. The Morgan fingerprint density at radius 1 is 1.08 bits per heavy atom. The number of aromatic carboxylic acids is 1. The molecule has 1 unspecified atom stereocenters. The summed E-state index contributed by atoms with van der Waals surface area (Å²) in [6.07, 6.45) is 0. The summed E-state index contributed by atoms with van der Waals surface area (Å²) < 4.78 is 27.4. The molecule has 0 aliphatic rings. The van der Waals surface area contributed by atoms with Gasteiger partial charge in [-0.15, -0.1) is 0 Å². The average molecular weight is 376 g/mol. The van der Waals surface area contributed by atoms with Crippen LogP contribution in [-0.2, 0) is 10.0 Å². The van der Waals surface area contributed by atoms with E-state index in [1.807, 2.05) is 37.3 Å². The number of carboxylic acid groups (broad SMARTS) is 1. The van der Waals surface area contributed by atoms with Gasteiger partial charge in [-0.25, -0.2) is 17.9 Å². The number of carboxylic acids is 1. The zero-order valence-corrected chi connectivity index (χ0v) is 16.1. The lowest BCUT2D eigenvalue weighted by atomic mass is 10.1. The number of hydrogen-bond donors (Lipinski definition) is 3. The van der Waals surface area contributed by atoms with Gasteiger partial charge in [0.15, 0.2) is 0 Å². The third-order valence-corrected chi connectivity index (χ3v) is 5.40. The van der Waals surface area contributed by atoms with E-state index in [4.69, 9.17) is 0 Å². The van der Waals surface area contributed by atoms with Crippen LogP contribution in [0.25, 0.3) is 0 Å². The summed E-state index contributed by atoms with van der Waals surface area (Å²) >= 11 is 0. The largest absolute Gasteiger partial charge is 0.478 e. The highest BCUT2D eigenvalue weighted by molar-refractivity contribution is 7.89. The number of sulfonamides is 1. The Morgan fingerprint density at radius 3 is 2.23 bits per heavy atom. The molecule has 2 aromatic carbocycles. The molecule has 2 rings (SSSR count). The Balaban J connectivity index is 2.37. The van der Waals surface area contributed by atoms with Gasteiger partial charge < -0.3 is 10.4 Å². The lowest BCUT2D eigenvalue weighted by Gasteiger charge is -2.21. The van der Waals surface area contributed by atoms with Gasteiger partial charge in [-0.05, 0) is 51.5 Å². The molecule has 0 heterocycles. The molecule has 2 aromatic rings. The second-order valence-corrected chi connectivity index (χ2v) is 8.83.